The number of primary sulfonamides is 1. The van der Waals surface area contributed by atoms with Crippen LogP contribution in [0.2, 0.25) is 0 Å². The quantitative estimate of drug-likeness (QED) is 0.774. The van der Waals surface area contributed by atoms with Crippen molar-refractivity contribution in [2.45, 2.75) is 31.6 Å². The maximum atomic E-state index is 11.2. The number of benzene rings is 1. The summed E-state index contributed by atoms with van der Waals surface area (Å²) >= 11 is 0. The summed E-state index contributed by atoms with van der Waals surface area (Å²) in [6.07, 6.45) is 2.15. The third kappa shape index (κ3) is 3.50. The van der Waals surface area contributed by atoms with E-state index in [9.17, 15) is 8.42 Å². The van der Waals surface area contributed by atoms with E-state index in [0.717, 1.165) is 30.6 Å². The summed E-state index contributed by atoms with van der Waals surface area (Å²) in [5, 5.41) is 8.28. The van der Waals surface area contributed by atoms with Gasteiger partial charge in [0.05, 0.1) is 4.90 Å². The van der Waals surface area contributed by atoms with Crippen molar-refractivity contribution in [2.75, 3.05) is 11.9 Å². The van der Waals surface area contributed by atoms with E-state index in [1.165, 1.54) is 6.07 Å². The number of hydrogen-bond donors (Lipinski definition) is 2. The van der Waals surface area contributed by atoms with E-state index in [-0.39, 0.29) is 4.90 Å². The third-order valence-corrected chi connectivity index (χ3v) is 3.29. The van der Waals surface area contributed by atoms with Crippen LogP contribution < -0.4 is 10.5 Å². The first-order chi connectivity index (χ1) is 7.45. The Balaban J connectivity index is 2.91. The fourth-order valence-corrected chi connectivity index (χ4v) is 1.91. The smallest absolute Gasteiger partial charge is 0.238 e. The molecular formula is C11H18N2O2S. The minimum atomic E-state index is -3.61. The number of nitrogens with one attached hydrogen (secondary N) is 1. The minimum absolute atomic E-state index is 0.150. The van der Waals surface area contributed by atoms with E-state index in [4.69, 9.17) is 5.14 Å². The van der Waals surface area contributed by atoms with Gasteiger partial charge in [0.2, 0.25) is 10.0 Å². The fraction of sp³-hybridized carbons (Fsp3) is 0.455. The number of anilines is 1. The molecule has 0 aliphatic heterocycles. The molecular weight excluding hydrogens is 224 g/mol. The lowest BCUT2D eigenvalue weighted by atomic mass is 10.2. The number of unbranched alkanes of at least 4 members (excludes halogenated alkanes) is 1. The van der Waals surface area contributed by atoms with Crippen LogP contribution in [0.3, 0.4) is 0 Å². The van der Waals surface area contributed by atoms with Crippen LogP contribution in [0.15, 0.2) is 23.1 Å². The summed E-state index contributed by atoms with van der Waals surface area (Å²) in [6.45, 7) is 4.88. The van der Waals surface area contributed by atoms with Crippen LogP contribution in [0.1, 0.15) is 25.3 Å². The lowest BCUT2D eigenvalue weighted by Gasteiger charge is -2.10. The lowest BCUT2D eigenvalue weighted by Crippen LogP contribution is -2.13. The SMILES string of the molecule is CCCCNc1cc(S(N)(=O)=O)ccc1C. The van der Waals surface area contributed by atoms with Crippen LogP contribution in [-0.4, -0.2) is 15.0 Å². The summed E-state index contributed by atoms with van der Waals surface area (Å²) in [7, 11) is -3.61. The number of nitrogens with two attached hydrogens (primary N) is 1. The van der Waals surface area contributed by atoms with Crippen LogP contribution in [0.5, 0.6) is 0 Å². The van der Waals surface area contributed by atoms with Gasteiger partial charge in [-0.05, 0) is 31.0 Å². The molecule has 5 heteroatoms. The van der Waals surface area contributed by atoms with E-state index in [1.807, 2.05) is 6.92 Å². The van der Waals surface area contributed by atoms with Gasteiger partial charge in [-0.2, -0.15) is 0 Å². The summed E-state index contributed by atoms with van der Waals surface area (Å²) in [5.74, 6) is 0. The van der Waals surface area contributed by atoms with Gasteiger partial charge >= 0.3 is 0 Å². The molecule has 0 saturated carbocycles. The Labute approximate surface area is 96.9 Å². The molecule has 3 N–H and O–H groups in total. The van der Waals surface area contributed by atoms with E-state index in [2.05, 4.69) is 12.2 Å². The molecule has 0 aliphatic carbocycles. The highest BCUT2D eigenvalue weighted by molar-refractivity contribution is 7.89. The Morgan fingerprint density at radius 2 is 2.06 bits per heavy atom. The zero-order valence-electron chi connectivity index (χ0n) is 9.66. The number of rotatable bonds is 5. The predicted octanol–water partition coefficient (Wildman–Crippen LogP) is 1.85. The normalized spacial score (nSPS) is 11.4. The van der Waals surface area contributed by atoms with E-state index >= 15 is 0 Å². The van der Waals surface area contributed by atoms with Gasteiger partial charge in [-0.3, -0.25) is 0 Å². The van der Waals surface area contributed by atoms with Crippen molar-refractivity contribution in [2.24, 2.45) is 5.14 Å². The molecule has 16 heavy (non-hydrogen) atoms. The van der Waals surface area contributed by atoms with Gasteiger partial charge in [-0.25, -0.2) is 13.6 Å². The molecule has 0 amide bonds. The first kappa shape index (κ1) is 13.0. The zero-order chi connectivity index (χ0) is 12.2. The Hall–Kier alpha value is -1.07. The van der Waals surface area contributed by atoms with Crippen molar-refractivity contribution < 1.29 is 8.42 Å². The molecule has 0 spiro atoms. The highest BCUT2D eigenvalue weighted by atomic mass is 32.2. The Morgan fingerprint density at radius 3 is 2.62 bits per heavy atom. The second kappa shape index (κ2) is 5.32. The van der Waals surface area contributed by atoms with Gasteiger partial charge in [0, 0.05) is 12.2 Å². The van der Waals surface area contributed by atoms with Gasteiger partial charge in [0.1, 0.15) is 0 Å². The molecule has 0 aromatic heterocycles. The summed E-state index contributed by atoms with van der Waals surface area (Å²) in [6, 6.07) is 4.87. The van der Waals surface area contributed by atoms with Crippen LogP contribution in [-0.2, 0) is 10.0 Å². The number of aryl methyl sites for hydroxylation is 1. The molecule has 0 radical (unpaired) electrons. The maximum Gasteiger partial charge on any atom is 0.238 e. The topological polar surface area (TPSA) is 72.2 Å². The molecule has 0 bridgehead atoms. The molecule has 4 nitrogen and oxygen atoms in total. The molecule has 1 aromatic carbocycles. The molecule has 90 valence electrons. The molecule has 0 atom stereocenters. The molecule has 0 unspecified atom stereocenters. The van der Waals surface area contributed by atoms with E-state index < -0.39 is 10.0 Å². The maximum absolute atomic E-state index is 11.2. The lowest BCUT2D eigenvalue weighted by molar-refractivity contribution is 0.598. The molecule has 1 rings (SSSR count). The average Bonchev–Trinajstić information content (AvgIpc) is 2.19. The first-order valence-corrected chi connectivity index (χ1v) is 6.87. The number of sulfonamides is 1. The predicted molar refractivity (Wildman–Crippen MR) is 65.9 cm³/mol. The van der Waals surface area contributed by atoms with Crippen molar-refractivity contribution >= 4 is 15.7 Å². The van der Waals surface area contributed by atoms with E-state index in [0.29, 0.717) is 0 Å². The second-order valence-electron chi connectivity index (χ2n) is 3.80. The van der Waals surface area contributed by atoms with E-state index in [1.54, 1.807) is 12.1 Å². The highest BCUT2D eigenvalue weighted by Gasteiger charge is 2.09. The highest BCUT2D eigenvalue weighted by Crippen LogP contribution is 2.19. The first-order valence-electron chi connectivity index (χ1n) is 5.32. The Bertz CT molecular complexity index is 455. The van der Waals surface area contributed by atoms with Gasteiger partial charge in [-0.15, -0.1) is 0 Å². The minimum Gasteiger partial charge on any atom is -0.385 e. The van der Waals surface area contributed by atoms with Gasteiger partial charge in [-0.1, -0.05) is 19.4 Å². The molecule has 0 heterocycles. The summed E-state index contributed by atoms with van der Waals surface area (Å²) in [5.41, 5.74) is 1.85. The Morgan fingerprint density at radius 1 is 1.38 bits per heavy atom. The molecule has 0 fully saturated rings. The van der Waals surface area contributed by atoms with Crippen LogP contribution in [0, 0.1) is 6.92 Å². The van der Waals surface area contributed by atoms with Crippen molar-refractivity contribution in [3.05, 3.63) is 23.8 Å². The van der Waals surface area contributed by atoms with Gasteiger partial charge in [0.25, 0.3) is 0 Å². The molecule has 0 aliphatic rings. The van der Waals surface area contributed by atoms with Crippen molar-refractivity contribution in [1.82, 2.24) is 0 Å². The number of hydrogen-bond acceptors (Lipinski definition) is 3. The van der Waals surface area contributed by atoms with Crippen LogP contribution >= 0.6 is 0 Å². The van der Waals surface area contributed by atoms with Crippen molar-refractivity contribution in [1.29, 1.82) is 0 Å². The standard InChI is InChI=1S/C11H18N2O2S/c1-3-4-7-13-11-8-10(16(12,14)15)6-5-9(11)2/h5-6,8,13H,3-4,7H2,1-2H3,(H2,12,14,15). The van der Waals surface area contributed by atoms with Crippen LogP contribution in [0.4, 0.5) is 5.69 Å². The summed E-state index contributed by atoms with van der Waals surface area (Å²) in [4.78, 5) is 0.150. The largest absolute Gasteiger partial charge is 0.385 e. The fourth-order valence-electron chi connectivity index (χ4n) is 1.37. The molecule has 0 saturated heterocycles. The van der Waals surface area contributed by atoms with Gasteiger partial charge in [0.15, 0.2) is 0 Å². The Kier molecular flexibility index (Phi) is 4.32. The van der Waals surface area contributed by atoms with Crippen LogP contribution in [0.25, 0.3) is 0 Å². The van der Waals surface area contributed by atoms with Gasteiger partial charge < -0.3 is 5.32 Å². The summed E-state index contributed by atoms with van der Waals surface area (Å²) < 4.78 is 22.4. The molecule has 1 aromatic rings. The zero-order valence-corrected chi connectivity index (χ0v) is 10.5. The second-order valence-corrected chi connectivity index (χ2v) is 5.36. The van der Waals surface area contributed by atoms with Crippen molar-refractivity contribution in [3.8, 4) is 0 Å². The third-order valence-electron chi connectivity index (χ3n) is 2.38. The monoisotopic (exact) mass is 242 g/mol. The van der Waals surface area contributed by atoms with Crippen molar-refractivity contribution in [3.63, 3.8) is 0 Å². The average molecular weight is 242 g/mol.